The minimum Gasteiger partial charge on any atom is -0.508 e. The summed E-state index contributed by atoms with van der Waals surface area (Å²) in [6.07, 6.45) is 0.0519. The number of ether oxygens (including phenoxy) is 3. The molecule has 0 bridgehead atoms. The van der Waals surface area contributed by atoms with Crippen LogP contribution in [0.5, 0.6) is 17.2 Å². The van der Waals surface area contributed by atoms with Crippen molar-refractivity contribution in [2.75, 3.05) is 26.2 Å². The first-order valence-electron chi connectivity index (χ1n) is 11.3. The minimum absolute atomic E-state index is 0.00718. The third-order valence-electron chi connectivity index (χ3n) is 6.10. The van der Waals surface area contributed by atoms with Crippen molar-refractivity contribution < 1.29 is 38.8 Å². The number of phenolic OH excluding ortho intramolecular Hbond substituents is 1. The highest BCUT2D eigenvalue weighted by molar-refractivity contribution is 6.51. The number of aliphatic hydroxyl groups excluding tert-OH is 1. The Hall–Kier alpha value is -4.79. The molecule has 1 saturated heterocycles. The van der Waals surface area contributed by atoms with Crippen molar-refractivity contribution in [2.24, 2.45) is 0 Å². The molecule has 3 aromatic carbocycles. The molecular formula is C28H25NO8. The van der Waals surface area contributed by atoms with Gasteiger partial charge in [0.2, 0.25) is 0 Å². The van der Waals surface area contributed by atoms with Crippen molar-refractivity contribution in [2.45, 2.75) is 12.5 Å². The Kier molecular flexibility index (Phi) is 7.15. The maximum atomic E-state index is 13.3. The third kappa shape index (κ3) is 4.84. The Bertz CT molecular complexity index is 1380. The van der Waals surface area contributed by atoms with E-state index in [1.807, 2.05) is 0 Å². The summed E-state index contributed by atoms with van der Waals surface area (Å²) in [6, 6.07) is 16.2. The van der Waals surface area contributed by atoms with Crippen LogP contribution < -0.4 is 14.4 Å². The first kappa shape index (κ1) is 25.3. The van der Waals surface area contributed by atoms with Crippen LogP contribution >= 0.6 is 0 Å². The molecule has 1 atom stereocenters. The molecule has 1 fully saturated rings. The van der Waals surface area contributed by atoms with Crippen LogP contribution in [0.2, 0.25) is 0 Å². The lowest BCUT2D eigenvalue weighted by atomic mass is 9.95. The average Bonchev–Trinajstić information content (AvgIpc) is 3.18. The van der Waals surface area contributed by atoms with Crippen LogP contribution in [-0.2, 0) is 25.5 Å². The molecule has 1 aliphatic rings. The van der Waals surface area contributed by atoms with Gasteiger partial charge in [-0.25, -0.2) is 0 Å². The number of rotatable bonds is 7. The number of carbonyl (C=O) groups is 3. The molecule has 0 aliphatic carbocycles. The summed E-state index contributed by atoms with van der Waals surface area (Å²) in [5.41, 5.74) is 1.69. The largest absolute Gasteiger partial charge is 0.508 e. The second kappa shape index (κ2) is 10.4. The fraction of sp³-hybridized carbons (Fsp3) is 0.179. The van der Waals surface area contributed by atoms with Crippen LogP contribution in [0.3, 0.4) is 0 Å². The molecule has 190 valence electrons. The lowest BCUT2D eigenvalue weighted by Gasteiger charge is -2.25. The highest BCUT2D eigenvalue weighted by Gasteiger charge is 2.47. The average molecular weight is 504 g/mol. The van der Waals surface area contributed by atoms with E-state index < -0.39 is 23.7 Å². The predicted octanol–water partition coefficient (Wildman–Crippen LogP) is 3.75. The van der Waals surface area contributed by atoms with Crippen LogP contribution in [0.25, 0.3) is 5.76 Å². The van der Waals surface area contributed by atoms with E-state index in [1.54, 1.807) is 48.5 Å². The van der Waals surface area contributed by atoms with Crippen molar-refractivity contribution in [3.8, 4) is 17.2 Å². The zero-order valence-corrected chi connectivity index (χ0v) is 20.4. The number of carbonyl (C=O) groups excluding carboxylic acids is 3. The van der Waals surface area contributed by atoms with Crippen LogP contribution in [0.15, 0.2) is 72.3 Å². The van der Waals surface area contributed by atoms with Gasteiger partial charge in [0.05, 0.1) is 39.4 Å². The highest BCUT2D eigenvalue weighted by atomic mass is 16.5. The van der Waals surface area contributed by atoms with Gasteiger partial charge in [-0.15, -0.1) is 0 Å². The number of Topliss-reactive ketones (excluding diaryl/α,β-unsaturated/α-hetero) is 1. The van der Waals surface area contributed by atoms with E-state index in [9.17, 15) is 24.6 Å². The topological polar surface area (TPSA) is 123 Å². The normalized spacial score (nSPS) is 16.5. The van der Waals surface area contributed by atoms with E-state index in [-0.39, 0.29) is 29.1 Å². The first-order valence-corrected chi connectivity index (χ1v) is 11.3. The molecule has 4 rings (SSSR count). The van der Waals surface area contributed by atoms with Crippen LogP contribution in [0.4, 0.5) is 5.69 Å². The summed E-state index contributed by atoms with van der Waals surface area (Å²) in [4.78, 5) is 39.5. The van der Waals surface area contributed by atoms with Gasteiger partial charge in [-0.2, -0.15) is 0 Å². The molecule has 9 heteroatoms. The van der Waals surface area contributed by atoms with Gasteiger partial charge in [0, 0.05) is 11.3 Å². The van der Waals surface area contributed by atoms with Crippen LogP contribution in [-0.4, -0.2) is 49.2 Å². The number of phenols is 1. The quantitative estimate of drug-likeness (QED) is 0.216. The number of amides is 1. The number of anilines is 1. The molecule has 3 aromatic rings. The maximum absolute atomic E-state index is 13.3. The summed E-state index contributed by atoms with van der Waals surface area (Å²) in [6.45, 7) is 0. The Labute approximate surface area is 213 Å². The van der Waals surface area contributed by atoms with Gasteiger partial charge in [-0.05, 0) is 53.6 Å². The molecule has 1 heterocycles. The van der Waals surface area contributed by atoms with Crippen molar-refractivity contribution in [3.05, 3.63) is 89.0 Å². The first-order chi connectivity index (χ1) is 17.8. The van der Waals surface area contributed by atoms with Gasteiger partial charge in [0.25, 0.3) is 11.7 Å². The fourth-order valence-corrected chi connectivity index (χ4v) is 4.22. The summed E-state index contributed by atoms with van der Waals surface area (Å²) >= 11 is 0. The van der Waals surface area contributed by atoms with Crippen molar-refractivity contribution in [1.29, 1.82) is 0 Å². The van der Waals surface area contributed by atoms with Crippen molar-refractivity contribution >= 4 is 29.1 Å². The van der Waals surface area contributed by atoms with Crippen LogP contribution in [0.1, 0.15) is 22.7 Å². The SMILES string of the molecule is COC(=O)Cc1ccc(N2C(=O)C(=O)/C(=C(\O)c3ccc(OC)c(OC)c3)C2c2ccc(O)cc2)cc1. The molecule has 1 amide bonds. The van der Waals surface area contributed by atoms with E-state index in [0.29, 0.717) is 28.3 Å². The second-order valence-electron chi connectivity index (χ2n) is 8.25. The van der Waals surface area contributed by atoms with Gasteiger partial charge in [0.15, 0.2) is 11.5 Å². The molecular weight excluding hydrogens is 478 g/mol. The monoisotopic (exact) mass is 503 g/mol. The Morgan fingerprint density at radius 2 is 1.54 bits per heavy atom. The Morgan fingerprint density at radius 1 is 0.892 bits per heavy atom. The fourth-order valence-electron chi connectivity index (χ4n) is 4.22. The van der Waals surface area contributed by atoms with Gasteiger partial charge >= 0.3 is 5.97 Å². The molecule has 0 saturated carbocycles. The van der Waals surface area contributed by atoms with E-state index in [4.69, 9.17) is 14.2 Å². The second-order valence-corrected chi connectivity index (χ2v) is 8.25. The van der Waals surface area contributed by atoms with Crippen molar-refractivity contribution in [3.63, 3.8) is 0 Å². The number of benzene rings is 3. The van der Waals surface area contributed by atoms with E-state index in [2.05, 4.69) is 0 Å². The molecule has 1 unspecified atom stereocenters. The lowest BCUT2D eigenvalue weighted by molar-refractivity contribution is -0.139. The predicted molar refractivity (Wildman–Crippen MR) is 135 cm³/mol. The number of nitrogens with zero attached hydrogens (tertiary/aromatic N) is 1. The number of aliphatic hydroxyl groups is 1. The summed E-state index contributed by atoms with van der Waals surface area (Å²) in [5.74, 6) is -1.73. The molecule has 2 N–H and O–H groups in total. The zero-order valence-electron chi connectivity index (χ0n) is 20.4. The number of ketones is 1. The number of methoxy groups -OCH3 is 3. The Morgan fingerprint density at radius 3 is 2.14 bits per heavy atom. The molecule has 9 nitrogen and oxygen atoms in total. The van der Waals surface area contributed by atoms with Gasteiger partial charge in [-0.1, -0.05) is 24.3 Å². The van der Waals surface area contributed by atoms with Crippen molar-refractivity contribution in [1.82, 2.24) is 0 Å². The Balaban J connectivity index is 1.85. The zero-order chi connectivity index (χ0) is 26.7. The smallest absolute Gasteiger partial charge is 0.309 e. The maximum Gasteiger partial charge on any atom is 0.309 e. The van der Waals surface area contributed by atoms with Crippen LogP contribution in [0, 0.1) is 0 Å². The number of aromatic hydroxyl groups is 1. The lowest BCUT2D eigenvalue weighted by Crippen LogP contribution is -2.29. The number of esters is 1. The summed E-state index contributed by atoms with van der Waals surface area (Å²) < 4.78 is 15.3. The minimum atomic E-state index is -0.986. The van der Waals surface area contributed by atoms with E-state index >= 15 is 0 Å². The van der Waals surface area contributed by atoms with Gasteiger partial charge in [-0.3, -0.25) is 19.3 Å². The standard InChI is InChI=1S/C28H25NO8/c1-35-21-13-8-18(15-22(21)36-2)26(32)24-25(17-6-11-20(30)12-7-17)29(28(34)27(24)33)19-9-4-16(5-10-19)14-23(31)37-3/h4-13,15,25,30,32H,14H2,1-3H3/b26-24-. The van der Waals surface area contributed by atoms with E-state index in [0.717, 1.165) is 0 Å². The molecule has 37 heavy (non-hydrogen) atoms. The third-order valence-corrected chi connectivity index (χ3v) is 6.10. The molecule has 0 radical (unpaired) electrons. The van der Waals surface area contributed by atoms with Gasteiger partial charge < -0.3 is 24.4 Å². The summed E-state index contributed by atoms with van der Waals surface area (Å²) in [5, 5.41) is 21.1. The van der Waals surface area contributed by atoms with Gasteiger partial charge in [0.1, 0.15) is 11.5 Å². The summed E-state index contributed by atoms with van der Waals surface area (Å²) in [7, 11) is 4.22. The highest BCUT2D eigenvalue weighted by Crippen LogP contribution is 2.43. The molecule has 0 spiro atoms. The number of hydrogen-bond acceptors (Lipinski definition) is 8. The van der Waals surface area contributed by atoms with E-state index in [1.165, 1.54) is 44.4 Å². The molecule has 0 aromatic heterocycles. The number of hydrogen-bond donors (Lipinski definition) is 2. The molecule has 1 aliphatic heterocycles.